The first-order valence-electron chi connectivity index (χ1n) is 7.33. The molecule has 2 aromatic rings. The second-order valence-corrected chi connectivity index (χ2v) is 5.19. The summed E-state index contributed by atoms with van der Waals surface area (Å²) >= 11 is 0. The van der Waals surface area contributed by atoms with Crippen LogP contribution in [0.15, 0.2) is 30.3 Å². The summed E-state index contributed by atoms with van der Waals surface area (Å²) in [6.45, 7) is 6.34. The van der Waals surface area contributed by atoms with Crippen LogP contribution in [0.5, 0.6) is 6.01 Å². The molecule has 0 atom stereocenters. The summed E-state index contributed by atoms with van der Waals surface area (Å²) in [5.41, 5.74) is 0.851. The number of carbonyl (C=O) groups excluding carboxylic acids is 1. The smallest absolute Gasteiger partial charge is 0.336 e. The summed E-state index contributed by atoms with van der Waals surface area (Å²) < 4.78 is 6.87. The molecule has 5 nitrogen and oxygen atoms in total. The minimum atomic E-state index is -0.155. The van der Waals surface area contributed by atoms with E-state index < -0.39 is 0 Å². The van der Waals surface area contributed by atoms with E-state index in [1.54, 1.807) is 0 Å². The van der Waals surface area contributed by atoms with Crippen molar-refractivity contribution in [3.63, 3.8) is 0 Å². The third-order valence-corrected chi connectivity index (χ3v) is 3.05. The largest absolute Gasteiger partial charge is 0.462 e. The fourth-order valence-electron chi connectivity index (χ4n) is 1.83. The zero-order valence-electron chi connectivity index (χ0n) is 12.7. The first-order chi connectivity index (χ1) is 10.1. The van der Waals surface area contributed by atoms with E-state index in [4.69, 9.17) is 4.74 Å². The molecule has 0 aliphatic rings. The molecule has 1 aromatic carbocycles. The fourth-order valence-corrected chi connectivity index (χ4v) is 1.83. The van der Waals surface area contributed by atoms with Crippen molar-refractivity contribution < 1.29 is 9.53 Å². The van der Waals surface area contributed by atoms with Crippen LogP contribution >= 0.6 is 0 Å². The molecule has 0 amide bonds. The molecule has 1 aromatic heterocycles. The van der Waals surface area contributed by atoms with Gasteiger partial charge in [0.15, 0.2) is 5.82 Å². The predicted octanol–water partition coefficient (Wildman–Crippen LogP) is 3.42. The number of hydrogen-bond donors (Lipinski definition) is 0. The molecular weight excluding hydrogens is 266 g/mol. The van der Waals surface area contributed by atoms with Gasteiger partial charge in [0.05, 0.1) is 6.61 Å². The van der Waals surface area contributed by atoms with Crippen molar-refractivity contribution >= 4 is 5.91 Å². The van der Waals surface area contributed by atoms with Crippen LogP contribution in [0.4, 0.5) is 0 Å². The van der Waals surface area contributed by atoms with Gasteiger partial charge in [-0.05, 0) is 6.42 Å². The first kappa shape index (κ1) is 15.2. The summed E-state index contributed by atoms with van der Waals surface area (Å²) in [5, 5.41) is 4.21. The average Bonchev–Trinajstić information content (AvgIpc) is 2.91. The maximum Gasteiger partial charge on any atom is 0.336 e. The Labute approximate surface area is 125 Å². The third-order valence-electron chi connectivity index (χ3n) is 3.05. The molecule has 5 heteroatoms. The molecular formula is C16H21N3O2. The number of rotatable bonds is 6. The lowest BCUT2D eigenvalue weighted by Gasteiger charge is -2.06. The SMILES string of the molecule is CCCCOc1nc(-c2ccccc2)n(C(=O)C(C)C)n1. The van der Waals surface area contributed by atoms with Crippen LogP contribution in [0.25, 0.3) is 11.4 Å². The lowest BCUT2D eigenvalue weighted by atomic mass is 10.2. The van der Waals surface area contributed by atoms with Gasteiger partial charge in [0, 0.05) is 11.5 Å². The van der Waals surface area contributed by atoms with Gasteiger partial charge in [0.1, 0.15) is 0 Å². The Morgan fingerprint density at radius 3 is 2.62 bits per heavy atom. The highest BCUT2D eigenvalue weighted by molar-refractivity contribution is 5.83. The number of benzene rings is 1. The molecule has 0 spiro atoms. The Morgan fingerprint density at radius 1 is 1.29 bits per heavy atom. The highest BCUT2D eigenvalue weighted by Crippen LogP contribution is 2.20. The molecule has 0 N–H and O–H groups in total. The molecule has 0 aliphatic carbocycles. The predicted molar refractivity (Wildman–Crippen MR) is 81.3 cm³/mol. The van der Waals surface area contributed by atoms with E-state index in [0.29, 0.717) is 12.4 Å². The van der Waals surface area contributed by atoms with Gasteiger partial charge in [-0.15, -0.1) is 5.10 Å². The number of nitrogens with zero attached hydrogens (tertiary/aromatic N) is 3. The lowest BCUT2D eigenvalue weighted by molar-refractivity contribution is 0.0838. The van der Waals surface area contributed by atoms with Crippen LogP contribution in [0.2, 0.25) is 0 Å². The number of carbonyl (C=O) groups is 1. The molecule has 2 rings (SSSR count). The fraction of sp³-hybridized carbons (Fsp3) is 0.438. The van der Waals surface area contributed by atoms with Crippen molar-refractivity contribution in [2.45, 2.75) is 33.6 Å². The Balaban J connectivity index is 2.34. The molecule has 112 valence electrons. The van der Waals surface area contributed by atoms with E-state index >= 15 is 0 Å². The number of unbranched alkanes of at least 4 members (excludes halogenated alkanes) is 1. The first-order valence-corrected chi connectivity index (χ1v) is 7.33. The number of hydrogen-bond acceptors (Lipinski definition) is 4. The molecule has 0 bridgehead atoms. The Kier molecular flexibility index (Phi) is 5.09. The lowest BCUT2D eigenvalue weighted by Crippen LogP contribution is -2.19. The van der Waals surface area contributed by atoms with Crippen molar-refractivity contribution in [3.05, 3.63) is 30.3 Å². The molecule has 0 unspecified atom stereocenters. The van der Waals surface area contributed by atoms with E-state index in [-0.39, 0.29) is 17.8 Å². The minimum Gasteiger partial charge on any atom is -0.462 e. The minimum absolute atomic E-state index is 0.0910. The Morgan fingerprint density at radius 2 is 2.00 bits per heavy atom. The summed E-state index contributed by atoms with van der Waals surface area (Å²) in [6.07, 6.45) is 1.98. The van der Waals surface area contributed by atoms with Crippen LogP contribution < -0.4 is 4.74 Å². The maximum absolute atomic E-state index is 12.3. The van der Waals surface area contributed by atoms with Gasteiger partial charge in [-0.25, -0.2) is 0 Å². The van der Waals surface area contributed by atoms with Crippen LogP contribution in [-0.2, 0) is 0 Å². The average molecular weight is 287 g/mol. The van der Waals surface area contributed by atoms with Crippen LogP contribution in [0, 0.1) is 5.92 Å². The van der Waals surface area contributed by atoms with Gasteiger partial charge in [-0.1, -0.05) is 57.5 Å². The standard InChI is InChI=1S/C16H21N3O2/c1-4-5-11-21-16-17-14(13-9-7-6-8-10-13)19(18-16)15(20)12(2)3/h6-10,12H,4-5,11H2,1-3H3. The molecule has 0 radical (unpaired) electrons. The van der Waals surface area contributed by atoms with Crippen molar-refractivity contribution in [1.29, 1.82) is 0 Å². The molecule has 0 aliphatic heterocycles. The molecule has 0 fully saturated rings. The number of ether oxygens (including phenoxy) is 1. The molecule has 21 heavy (non-hydrogen) atoms. The van der Waals surface area contributed by atoms with Gasteiger partial charge < -0.3 is 4.74 Å². The third kappa shape index (κ3) is 3.68. The highest BCUT2D eigenvalue weighted by Gasteiger charge is 2.20. The van der Waals surface area contributed by atoms with Gasteiger partial charge in [0.2, 0.25) is 0 Å². The normalized spacial score (nSPS) is 10.9. The summed E-state index contributed by atoms with van der Waals surface area (Å²) in [4.78, 5) is 16.7. The monoisotopic (exact) mass is 287 g/mol. The van der Waals surface area contributed by atoms with Crippen molar-refractivity contribution in [3.8, 4) is 17.4 Å². The van der Waals surface area contributed by atoms with Crippen LogP contribution in [0.1, 0.15) is 38.4 Å². The highest BCUT2D eigenvalue weighted by atomic mass is 16.5. The Hall–Kier alpha value is -2.17. The van der Waals surface area contributed by atoms with Crippen molar-refractivity contribution in [2.24, 2.45) is 5.92 Å². The quantitative estimate of drug-likeness (QED) is 0.764. The maximum atomic E-state index is 12.3. The summed E-state index contributed by atoms with van der Waals surface area (Å²) in [7, 11) is 0. The van der Waals surface area contributed by atoms with E-state index in [0.717, 1.165) is 18.4 Å². The molecule has 0 saturated heterocycles. The topological polar surface area (TPSA) is 57.0 Å². The van der Waals surface area contributed by atoms with E-state index in [2.05, 4.69) is 17.0 Å². The van der Waals surface area contributed by atoms with Crippen LogP contribution in [0.3, 0.4) is 0 Å². The molecule has 1 heterocycles. The molecule has 0 saturated carbocycles. The second-order valence-electron chi connectivity index (χ2n) is 5.19. The zero-order chi connectivity index (χ0) is 15.2. The van der Waals surface area contributed by atoms with Crippen LogP contribution in [-0.4, -0.2) is 27.3 Å². The second kappa shape index (κ2) is 7.02. The van der Waals surface area contributed by atoms with E-state index in [9.17, 15) is 4.79 Å². The summed E-state index contributed by atoms with van der Waals surface area (Å²) in [6, 6.07) is 9.81. The van der Waals surface area contributed by atoms with Gasteiger partial charge in [-0.3, -0.25) is 4.79 Å². The van der Waals surface area contributed by atoms with E-state index in [1.165, 1.54) is 4.68 Å². The van der Waals surface area contributed by atoms with Gasteiger partial charge in [-0.2, -0.15) is 9.67 Å². The van der Waals surface area contributed by atoms with Gasteiger partial charge >= 0.3 is 6.01 Å². The Bertz CT molecular complexity index is 591. The zero-order valence-corrected chi connectivity index (χ0v) is 12.7. The number of aromatic nitrogens is 3. The van der Waals surface area contributed by atoms with Crippen molar-refractivity contribution in [2.75, 3.05) is 6.61 Å². The van der Waals surface area contributed by atoms with E-state index in [1.807, 2.05) is 44.2 Å². The van der Waals surface area contributed by atoms with Gasteiger partial charge in [0.25, 0.3) is 5.91 Å². The summed E-state index contributed by atoms with van der Waals surface area (Å²) in [5.74, 6) is 0.283. The van der Waals surface area contributed by atoms with Crippen molar-refractivity contribution in [1.82, 2.24) is 14.8 Å².